The molecule has 3 rings (SSSR count). The molecule has 2 atom stereocenters. The van der Waals surface area contributed by atoms with Crippen LogP contribution < -0.4 is 10.6 Å². The van der Waals surface area contributed by atoms with Crippen LogP contribution in [0.3, 0.4) is 0 Å². The number of halogens is 2. The normalized spacial score (nSPS) is 27.2. The average Bonchev–Trinajstić information content (AvgIpc) is 2.55. The molecule has 0 aromatic heterocycles. The number of para-hydroxylation sites is 1. The Kier molecular flexibility index (Phi) is 9.39. The highest BCUT2D eigenvalue weighted by molar-refractivity contribution is 5.95. The van der Waals surface area contributed by atoms with Crippen LogP contribution in [-0.2, 0) is 4.79 Å². The molecule has 2 saturated carbocycles. The van der Waals surface area contributed by atoms with Gasteiger partial charge in [0.15, 0.2) is 0 Å². The van der Waals surface area contributed by atoms with Crippen LogP contribution in [-0.4, -0.2) is 44.0 Å². The minimum absolute atomic E-state index is 0. The first-order chi connectivity index (χ1) is 11.6. The summed E-state index contributed by atoms with van der Waals surface area (Å²) in [5, 5.41) is 0. The van der Waals surface area contributed by atoms with Crippen molar-refractivity contribution in [2.75, 3.05) is 32.1 Å². The smallest absolute Gasteiger partial charge is 0.230 e. The van der Waals surface area contributed by atoms with Crippen LogP contribution in [0.1, 0.15) is 32.1 Å². The second-order valence-electron chi connectivity index (χ2n) is 7.83. The van der Waals surface area contributed by atoms with Crippen molar-refractivity contribution in [2.24, 2.45) is 23.5 Å². The van der Waals surface area contributed by atoms with Crippen LogP contribution in [0, 0.1) is 17.8 Å². The van der Waals surface area contributed by atoms with Gasteiger partial charge in [0, 0.05) is 30.7 Å². The van der Waals surface area contributed by atoms with E-state index < -0.39 is 0 Å². The van der Waals surface area contributed by atoms with Crippen LogP contribution in [0.5, 0.6) is 0 Å². The number of anilines is 1. The lowest BCUT2D eigenvalue weighted by atomic mass is 9.65. The SMILES string of the molecule is CN(C)CCN(C(=O)C1CC2CCCC(C1)C2N)c1ccccc1.Cl.Cl. The third-order valence-electron chi connectivity index (χ3n) is 5.87. The third-order valence-corrected chi connectivity index (χ3v) is 5.87. The van der Waals surface area contributed by atoms with Gasteiger partial charge in [-0.15, -0.1) is 24.8 Å². The zero-order valence-corrected chi connectivity index (χ0v) is 17.5. The summed E-state index contributed by atoms with van der Waals surface area (Å²) in [6.45, 7) is 1.62. The molecule has 148 valence electrons. The molecule has 6 heteroatoms. The monoisotopic (exact) mass is 401 g/mol. The van der Waals surface area contributed by atoms with E-state index in [-0.39, 0.29) is 30.7 Å². The molecular weight excluding hydrogens is 369 g/mol. The van der Waals surface area contributed by atoms with E-state index in [0.717, 1.165) is 31.6 Å². The Labute approximate surface area is 170 Å². The summed E-state index contributed by atoms with van der Waals surface area (Å²) >= 11 is 0. The maximum Gasteiger partial charge on any atom is 0.230 e. The first-order valence-electron chi connectivity index (χ1n) is 9.33. The second kappa shape index (κ2) is 10.5. The first kappa shape index (κ1) is 23.2. The summed E-state index contributed by atoms with van der Waals surface area (Å²) < 4.78 is 0. The summed E-state index contributed by atoms with van der Waals surface area (Å²) in [4.78, 5) is 17.4. The lowest BCUT2D eigenvalue weighted by molar-refractivity contribution is -0.125. The minimum atomic E-state index is 0. The Morgan fingerprint density at radius 3 is 2.15 bits per heavy atom. The van der Waals surface area contributed by atoms with Gasteiger partial charge in [-0.1, -0.05) is 24.6 Å². The fourth-order valence-corrected chi connectivity index (χ4v) is 4.49. The van der Waals surface area contributed by atoms with Crippen LogP contribution in [0.2, 0.25) is 0 Å². The van der Waals surface area contributed by atoms with E-state index in [4.69, 9.17) is 5.73 Å². The van der Waals surface area contributed by atoms with E-state index in [1.807, 2.05) is 35.2 Å². The van der Waals surface area contributed by atoms with Crippen molar-refractivity contribution in [3.8, 4) is 0 Å². The molecular formula is C20H33Cl2N3O. The molecule has 0 radical (unpaired) electrons. The molecule has 2 N–H and O–H groups in total. The number of benzene rings is 1. The Morgan fingerprint density at radius 2 is 1.62 bits per heavy atom. The van der Waals surface area contributed by atoms with Crippen molar-refractivity contribution in [3.63, 3.8) is 0 Å². The molecule has 26 heavy (non-hydrogen) atoms. The second-order valence-corrected chi connectivity index (χ2v) is 7.83. The first-order valence-corrected chi connectivity index (χ1v) is 9.33. The Hall–Kier alpha value is -0.810. The van der Waals surface area contributed by atoms with Gasteiger partial charge in [-0.3, -0.25) is 4.79 Å². The zero-order valence-electron chi connectivity index (χ0n) is 15.8. The fraction of sp³-hybridized carbons (Fsp3) is 0.650. The molecule has 1 aromatic rings. The van der Waals surface area contributed by atoms with Crippen molar-refractivity contribution in [1.82, 2.24) is 4.90 Å². The molecule has 1 aromatic carbocycles. The molecule has 2 bridgehead atoms. The van der Waals surface area contributed by atoms with Crippen LogP contribution in [0.25, 0.3) is 0 Å². The maximum absolute atomic E-state index is 13.3. The number of fused-ring (bicyclic) bond motifs is 2. The van der Waals surface area contributed by atoms with E-state index in [1.54, 1.807) is 0 Å². The quantitative estimate of drug-likeness (QED) is 0.819. The lowest BCUT2D eigenvalue weighted by Crippen LogP contribution is -2.50. The molecule has 0 saturated heterocycles. The zero-order chi connectivity index (χ0) is 17.1. The van der Waals surface area contributed by atoms with Crippen molar-refractivity contribution < 1.29 is 4.79 Å². The minimum Gasteiger partial charge on any atom is -0.327 e. The van der Waals surface area contributed by atoms with Gasteiger partial charge in [-0.05, 0) is 63.7 Å². The summed E-state index contributed by atoms with van der Waals surface area (Å²) in [5.41, 5.74) is 7.42. The number of hydrogen-bond acceptors (Lipinski definition) is 3. The molecule has 2 aliphatic rings. The Balaban J connectivity index is 0.00000169. The van der Waals surface area contributed by atoms with E-state index in [0.29, 0.717) is 23.8 Å². The number of likely N-dealkylation sites (N-methyl/N-ethyl adjacent to an activating group) is 1. The van der Waals surface area contributed by atoms with Crippen LogP contribution >= 0.6 is 24.8 Å². The number of rotatable bonds is 5. The summed E-state index contributed by atoms with van der Waals surface area (Å²) in [7, 11) is 4.11. The van der Waals surface area contributed by atoms with Gasteiger partial charge in [0.1, 0.15) is 0 Å². The molecule has 0 spiro atoms. The van der Waals surface area contributed by atoms with Gasteiger partial charge in [0.2, 0.25) is 5.91 Å². The summed E-state index contributed by atoms with van der Waals surface area (Å²) in [5.74, 6) is 1.52. The Morgan fingerprint density at radius 1 is 1.04 bits per heavy atom. The molecule has 1 amide bonds. The van der Waals surface area contributed by atoms with Crippen molar-refractivity contribution in [3.05, 3.63) is 30.3 Å². The van der Waals surface area contributed by atoms with Crippen molar-refractivity contribution in [2.45, 2.75) is 38.1 Å². The summed E-state index contributed by atoms with van der Waals surface area (Å²) in [6.07, 6.45) is 5.63. The molecule has 0 heterocycles. The van der Waals surface area contributed by atoms with Gasteiger partial charge >= 0.3 is 0 Å². The number of carbonyl (C=O) groups excluding carboxylic acids is 1. The van der Waals surface area contributed by atoms with Crippen LogP contribution in [0.4, 0.5) is 5.69 Å². The average molecular weight is 402 g/mol. The van der Waals surface area contributed by atoms with Gasteiger partial charge in [0.05, 0.1) is 0 Å². The number of hydrogen-bond donors (Lipinski definition) is 1. The largest absolute Gasteiger partial charge is 0.327 e. The molecule has 4 nitrogen and oxygen atoms in total. The number of carbonyl (C=O) groups is 1. The predicted molar refractivity (Wildman–Crippen MR) is 113 cm³/mol. The number of amides is 1. The van der Waals surface area contributed by atoms with E-state index in [9.17, 15) is 4.79 Å². The van der Waals surface area contributed by atoms with Crippen molar-refractivity contribution >= 4 is 36.4 Å². The molecule has 2 unspecified atom stereocenters. The lowest BCUT2D eigenvalue weighted by Gasteiger charge is -2.44. The van der Waals surface area contributed by atoms with E-state index >= 15 is 0 Å². The maximum atomic E-state index is 13.3. The molecule has 2 aliphatic carbocycles. The number of nitrogens with two attached hydrogens (primary N) is 1. The van der Waals surface area contributed by atoms with E-state index in [2.05, 4.69) is 19.0 Å². The fourth-order valence-electron chi connectivity index (χ4n) is 4.49. The van der Waals surface area contributed by atoms with Gasteiger partial charge < -0.3 is 15.5 Å². The van der Waals surface area contributed by atoms with Crippen molar-refractivity contribution in [1.29, 1.82) is 0 Å². The molecule has 2 fully saturated rings. The van der Waals surface area contributed by atoms with E-state index in [1.165, 1.54) is 19.3 Å². The summed E-state index contributed by atoms with van der Waals surface area (Å²) in [6, 6.07) is 10.4. The van der Waals surface area contributed by atoms with Crippen LogP contribution in [0.15, 0.2) is 30.3 Å². The van der Waals surface area contributed by atoms with Gasteiger partial charge in [-0.25, -0.2) is 0 Å². The highest BCUT2D eigenvalue weighted by Crippen LogP contribution is 2.42. The van der Waals surface area contributed by atoms with Gasteiger partial charge in [0.25, 0.3) is 0 Å². The highest BCUT2D eigenvalue weighted by atomic mass is 35.5. The topological polar surface area (TPSA) is 49.6 Å². The standard InChI is InChI=1S/C20H31N3O.2ClH/c1-22(2)11-12-23(18-9-4-3-5-10-18)20(24)17-13-15-7-6-8-16(14-17)19(15)21;;/h3-5,9-10,15-17,19H,6-8,11-14,21H2,1-2H3;2*1H. The number of nitrogens with zero attached hydrogens (tertiary/aromatic N) is 2. The van der Waals surface area contributed by atoms with Gasteiger partial charge in [-0.2, -0.15) is 0 Å². The Bertz CT molecular complexity index is 541. The molecule has 0 aliphatic heterocycles. The predicted octanol–water partition coefficient (Wildman–Crippen LogP) is 3.58. The highest BCUT2D eigenvalue weighted by Gasteiger charge is 2.41. The third kappa shape index (κ3) is 5.35.